The predicted molar refractivity (Wildman–Crippen MR) is 131 cm³/mol. The molecule has 10 nitrogen and oxygen atoms in total. The van der Waals surface area contributed by atoms with Gasteiger partial charge in [-0.05, 0) is 24.3 Å². The molecule has 2 aromatic carbocycles. The minimum absolute atomic E-state index is 0.368. The van der Waals surface area contributed by atoms with Gasteiger partial charge in [-0.3, -0.25) is 4.98 Å². The number of hydrogen-bond donors (Lipinski definition) is 1. The molecule has 10 heteroatoms. The lowest BCUT2D eigenvalue weighted by molar-refractivity contribution is 0.122. The Balaban J connectivity index is 1.41. The molecule has 0 bridgehead atoms. The molecule has 3 heterocycles. The van der Waals surface area contributed by atoms with E-state index < -0.39 is 0 Å². The highest BCUT2D eigenvalue weighted by Crippen LogP contribution is 2.34. The SMILES string of the molecule is COc1cc(Nc2ccc3ncc(N4CCOCC4)nc3c2C#N)ccc1OCc1cncn1C. The van der Waals surface area contributed by atoms with Crippen molar-refractivity contribution in [3.8, 4) is 17.6 Å². The van der Waals surface area contributed by atoms with E-state index in [0.29, 0.717) is 53.6 Å². The van der Waals surface area contributed by atoms with Gasteiger partial charge in [-0.15, -0.1) is 0 Å². The Hall–Kier alpha value is -4.36. The summed E-state index contributed by atoms with van der Waals surface area (Å²) in [5, 5.41) is 13.3. The number of anilines is 3. The maximum Gasteiger partial charge on any atom is 0.162 e. The third-order valence-corrected chi connectivity index (χ3v) is 5.88. The summed E-state index contributed by atoms with van der Waals surface area (Å²) in [6.07, 6.45) is 5.24. The van der Waals surface area contributed by atoms with Gasteiger partial charge in [-0.25, -0.2) is 9.97 Å². The normalized spacial score (nSPS) is 13.5. The third kappa shape index (κ3) is 4.67. The van der Waals surface area contributed by atoms with Gasteiger partial charge in [-0.1, -0.05) is 0 Å². The van der Waals surface area contributed by atoms with Crippen molar-refractivity contribution in [2.45, 2.75) is 6.61 Å². The van der Waals surface area contributed by atoms with E-state index >= 15 is 0 Å². The molecule has 0 spiro atoms. The van der Waals surface area contributed by atoms with E-state index in [1.807, 2.05) is 41.9 Å². The quantitative estimate of drug-likeness (QED) is 0.433. The lowest BCUT2D eigenvalue weighted by Gasteiger charge is -2.27. The summed E-state index contributed by atoms with van der Waals surface area (Å²) in [4.78, 5) is 15.5. The van der Waals surface area contributed by atoms with Crippen LogP contribution in [0, 0.1) is 11.3 Å². The van der Waals surface area contributed by atoms with Gasteiger partial charge in [0.15, 0.2) is 11.5 Å². The fraction of sp³-hybridized carbons (Fsp3) is 0.280. The number of aromatic nitrogens is 4. The Morgan fingerprint density at radius 1 is 1.14 bits per heavy atom. The first-order chi connectivity index (χ1) is 17.2. The smallest absolute Gasteiger partial charge is 0.162 e. The van der Waals surface area contributed by atoms with Crippen LogP contribution >= 0.6 is 0 Å². The number of nitrogens with zero attached hydrogens (tertiary/aromatic N) is 6. The fourth-order valence-electron chi connectivity index (χ4n) is 3.93. The first-order valence-electron chi connectivity index (χ1n) is 11.2. The van der Waals surface area contributed by atoms with E-state index in [0.717, 1.165) is 30.3 Å². The van der Waals surface area contributed by atoms with Crippen molar-refractivity contribution in [3.63, 3.8) is 0 Å². The lowest BCUT2D eigenvalue weighted by atomic mass is 10.1. The van der Waals surface area contributed by atoms with E-state index in [4.69, 9.17) is 19.2 Å². The zero-order valence-electron chi connectivity index (χ0n) is 19.6. The van der Waals surface area contributed by atoms with Crippen LogP contribution in [0.4, 0.5) is 17.2 Å². The first kappa shape index (κ1) is 22.4. The van der Waals surface area contributed by atoms with Crippen molar-refractivity contribution in [1.82, 2.24) is 19.5 Å². The summed E-state index contributed by atoms with van der Waals surface area (Å²) < 4.78 is 18.8. The van der Waals surface area contributed by atoms with E-state index in [2.05, 4.69) is 26.3 Å². The molecule has 0 unspecified atom stereocenters. The second kappa shape index (κ2) is 9.87. The van der Waals surface area contributed by atoms with Crippen LogP contribution in [0.2, 0.25) is 0 Å². The number of methoxy groups -OCH3 is 1. The average Bonchev–Trinajstić information content (AvgIpc) is 3.32. The molecule has 0 atom stereocenters. The van der Waals surface area contributed by atoms with E-state index in [1.54, 1.807) is 25.8 Å². The maximum absolute atomic E-state index is 9.98. The van der Waals surface area contributed by atoms with Gasteiger partial charge in [0.25, 0.3) is 0 Å². The van der Waals surface area contributed by atoms with Crippen molar-refractivity contribution in [3.05, 3.63) is 60.3 Å². The zero-order chi connectivity index (χ0) is 24.2. The van der Waals surface area contributed by atoms with Gasteiger partial charge in [-0.2, -0.15) is 5.26 Å². The number of benzene rings is 2. The molecule has 2 aromatic heterocycles. The van der Waals surface area contributed by atoms with Crippen LogP contribution in [-0.4, -0.2) is 52.9 Å². The molecule has 1 fully saturated rings. The Morgan fingerprint density at radius 3 is 2.74 bits per heavy atom. The van der Waals surface area contributed by atoms with Crippen LogP contribution in [0.3, 0.4) is 0 Å². The van der Waals surface area contributed by atoms with Crippen molar-refractivity contribution < 1.29 is 14.2 Å². The minimum atomic E-state index is 0.368. The molecule has 35 heavy (non-hydrogen) atoms. The van der Waals surface area contributed by atoms with Crippen LogP contribution in [0.15, 0.2) is 49.1 Å². The number of hydrogen-bond acceptors (Lipinski definition) is 9. The fourth-order valence-corrected chi connectivity index (χ4v) is 3.93. The minimum Gasteiger partial charge on any atom is -0.493 e. The van der Waals surface area contributed by atoms with Gasteiger partial charge in [0, 0.05) is 31.9 Å². The van der Waals surface area contributed by atoms with Crippen molar-refractivity contribution in [2.24, 2.45) is 7.05 Å². The van der Waals surface area contributed by atoms with Crippen LogP contribution < -0.4 is 19.7 Å². The summed E-state index contributed by atoms with van der Waals surface area (Å²) in [7, 11) is 3.51. The maximum atomic E-state index is 9.98. The standard InChI is InChI=1S/C25H25N7O3/c1-31-16-27-13-18(31)15-35-22-6-3-17(11-23(22)33-2)29-20-4-5-21-25(19(20)12-26)30-24(14-28-21)32-7-9-34-10-8-32/h3-6,11,13-14,16,29H,7-10,15H2,1-2H3. The number of nitriles is 1. The summed E-state index contributed by atoms with van der Waals surface area (Å²) in [6, 6.07) is 11.5. The van der Waals surface area contributed by atoms with Gasteiger partial charge in [0.05, 0.1) is 55.9 Å². The molecule has 1 saturated heterocycles. The molecule has 4 aromatic rings. The monoisotopic (exact) mass is 471 g/mol. The molecule has 1 aliphatic heterocycles. The zero-order valence-corrected chi connectivity index (χ0v) is 19.6. The molecule has 0 radical (unpaired) electrons. The highest BCUT2D eigenvalue weighted by Gasteiger charge is 2.17. The Labute approximate surface area is 202 Å². The van der Waals surface area contributed by atoms with Gasteiger partial charge in [0.2, 0.25) is 0 Å². The topological polar surface area (TPSA) is 110 Å². The van der Waals surface area contributed by atoms with Crippen molar-refractivity contribution >= 4 is 28.2 Å². The molecule has 0 amide bonds. The van der Waals surface area contributed by atoms with Crippen LogP contribution in [-0.2, 0) is 18.4 Å². The number of aryl methyl sites for hydroxylation is 1. The van der Waals surface area contributed by atoms with E-state index in [-0.39, 0.29) is 0 Å². The van der Waals surface area contributed by atoms with Crippen LogP contribution in [0.5, 0.6) is 11.5 Å². The van der Waals surface area contributed by atoms with Crippen LogP contribution in [0.1, 0.15) is 11.3 Å². The van der Waals surface area contributed by atoms with Crippen molar-refractivity contribution in [2.75, 3.05) is 43.6 Å². The molecular formula is C25H25N7O3. The number of ether oxygens (including phenoxy) is 3. The summed E-state index contributed by atoms with van der Waals surface area (Å²) in [5.74, 6) is 1.93. The Morgan fingerprint density at radius 2 is 2.00 bits per heavy atom. The highest BCUT2D eigenvalue weighted by atomic mass is 16.5. The summed E-state index contributed by atoms with van der Waals surface area (Å²) >= 11 is 0. The van der Waals surface area contributed by atoms with E-state index in [1.165, 1.54) is 0 Å². The predicted octanol–water partition coefficient (Wildman–Crippen LogP) is 3.40. The second-order valence-corrected chi connectivity index (χ2v) is 8.07. The van der Waals surface area contributed by atoms with Gasteiger partial charge >= 0.3 is 0 Å². The lowest BCUT2D eigenvalue weighted by Crippen LogP contribution is -2.36. The molecule has 178 valence electrons. The third-order valence-electron chi connectivity index (χ3n) is 5.88. The molecule has 0 aliphatic carbocycles. The highest BCUT2D eigenvalue weighted by molar-refractivity contribution is 5.89. The average molecular weight is 472 g/mol. The first-order valence-corrected chi connectivity index (χ1v) is 11.2. The summed E-state index contributed by atoms with van der Waals surface area (Å²) in [5.41, 5.74) is 3.99. The Kier molecular flexibility index (Phi) is 6.32. The number of imidazole rings is 1. The van der Waals surface area contributed by atoms with Gasteiger partial charge < -0.3 is 29.0 Å². The second-order valence-electron chi connectivity index (χ2n) is 8.07. The number of morpholine rings is 1. The molecular weight excluding hydrogens is 446 g/mol. The van der Waals surface area contributed by atoms with Crippen molar-refractivity contribution in [1.29, 1.82) is 5.26 Å². The number of nitrogens with one attached hydrogen (secondary N) is 1. The van der Waals surface area contributed by atoms with Gasteiger partial charge in [0.1, 0.15) is 29.6 Å². The largest absolute Gasteiger partial charge is 0.493 e. The summed E-state index contributed by atoms with van der Waals surface area (Å²) in [6.45, 7) is 3.16. The number of fused-ring (bicyclic) bond motifs is 1. The molecule has 5 rings (SSSR count). The number of rotatable bonds is 7. The van der Waals surface area contributed by atoms with Crippen LogP contribution in [0.25, 0.3) is 11.0 Å². The van der Waals surface area contributed by atoms with E-state index in [9.17, 15) is 5.26 Å². The molecule has 1 N–H and O–H groups in total. The Bertz CT molecular complexity index is 1390. The molecule has 1 aliphatic rings. The molecule has 0 saturated carbocycles.